The fraction of sp³-hybridized carbons (Fsp3) is 0. The molecule has 0 amide bonds. The Kier molecular flexibility index (Phi) is 3.23. The molecule has 1 N–H and O–H groups in total. The second-order valence-corrected chi connectivity index (χ2v) is 4.82. The molecule has 0 bridgehead atoms. The summed E-state index contributed by atoms with van der Waals surface area (Å²) in [7, 11) is 0. The van der Waals surface area contributed by atoms with E-state index in [9.17, 15) is 4.39 Å². The Hall–Kier alpha value is -0.650. The first-order valence-corrected chi connectivity index (χ1v) is 6.03. The van der Waals surface area contributed by atoms with Gasteiger partial charge in [0.15, 0.2) is 5.13 Å². The maximum Gasteiger partial charge on any atom is 0.188 e. The molecule has 0 radical (unpaired) electrons. The van der Waals surface area contributed by atoms with Crippen molar-refractivity contribution in [2.75, 3.05) is 5.32 Å². The number of nitrogens with one attached hydrogen (secondary N) is 1. The smallest absolute Gasteiger partial charge is 0.188 e. The van der Waals surface area contributed by atoms with E-state index >= 15 is 0 Å². The van der Waals surface area contributed by atoms with E-state index in [4.69, 9.17) is 11.6 Å². The van der Waals surface area contributed by atoms with Crippen LogP contribution in [0.3, 0.4) is 0 Å². The van der Waals surface area contributed by atoms with Gasteiger partial charge in [0.1, 0.15) is 11.0 Å². The average Bonchev–Trinajstić information content (AvgIpc) is 2.58. The molecule has 0 aliphatic heterocycles. The summed E-state index contributed by atoms with van der Waals surface area (Å²) in [4.78, 5) is 4.01. The van der Waals surface area contributed by atoms with Gasteiger partial charge in [-0.05, 0) is 34.1 Å². The van der Waals surface area contributed by atoms with Crippen LogP contribution in [-0.4, -0.2) is 4.98 Å². The molecule has 6 heteroatoms. The van der Waals surface area contributed by atoms with Crippen molar-refractivity contribution in [3.63, 3.8) is 0 Å². The zero-order valence-corrected chi connectivity index (χ0v) is 10.5. The van der Waals surface area contributed by atoms with Crippen molar-refractivity contribution >= 4 is 49.7 Å². The Morgan fingerprint density at radius 1 is 1.47 bits per heavy atom. The number of hydrogen-bond donors (Lipinski definition) is 1. The SMILES string of the molecule is Fc1ccc(Br)c(Nc2nc(Cl)cs2)c1. The Labute approximate surface area is 103 Å². The maximum absolute atomic E-state index is 13.0. The summed E-state index contributed by atoms with van der Waals surface area (Å²) in [6.45, 7) is 0. The molecule has 1 aromatic carbocycles. The van der Waals surface area contributed by atoms with Crippen LogP contribution in [0.25, 0.3) is 0 Å². The van der Waals surface area contributed by atoms with Gasteiger partial charge in [0, 0.05) is 9.85 Å². The van der Waals surface area contributed by atoms with Crippen LogP contribution in [0.15, 0.2) is 28.1 Å². The molecule has 0 fully saturated rings. The summed E-state index contributed by atoms with van der Waals surface area (Å²) in [6, 6.07) is 4.40. The molecule has 0 saturated carbocycles. The van der Waals surface area contributed by atoms with Crippen LogP contribution in [0.2, 0.25) is 5.15 Å². The molecule has 2 nitrogen and oxygen atoms in total. The van der Waals surface area contributed by atoms with Gasteiger partial charge in [-0.1, -0.05) is 11.6 Å². The third-order valence-corrected chi connectivity index (χ3v) is 3.42. The van der Waals surface area contributed by atoms with Crippen LogP contribution in [0, 0.1) is 5.82 Å². The van der Waals surface area contributed by atoms with E-state index in [0.29, 0.717) is 16.0 Å². The third-order valence-electron chi connectivity index (χ3n) is 1.65. The lowest BCUT2D eigenvalue weighted by Gasteiger charge is -2.04. The minimum atomic E-state index is -0.302. The zero-order chi connectivity index (χ0) is 10.8. The normalized spacial score (nSPS) is 10.3. The van der Waals surface area contributed by atoms with Crippen LogP contribution >= 0.6 is 38.9 Å². The van der Waals surface area contributed by atoms with Gasteiger partial charge in [-0.15, -0.1) is 11.3 Å². The van der Waals surface area contributed by atoms with Crippen LogP contribution in [0.4, 0.5) is 15.2 Å². The predicted octanol–water partition coefficient (Wildman–Crippen LogP) is 4.44. The lowest BCUT2D eigenvalue weighted by Crippen LogP contribution is -1.91. The lowest BCUT2D eigenvalue weighted by molar-refractivity contribution is 0.628. The van der Waals surface area contributed by atoms with Crippen molar-refractivity contribution in [3.8, 4) is 0 Å². The zero-order valence-electron chi connectivity index (χ0n) is 7.30. The average molecular weight is 308 g/mol. The fourth-order valence-corrected chi connectivity index (χ4v) is 2.22. The van der Waals surface area contributed by atoms with E-state index < -0.39 is 0 Å². The Morgan fingerprint density at radius 2 is 2.27 bits per heavy atom. The molecule has 2 rings (SSSR count). The molecule has 78 valence electrons. The van der Waals surface area contributed by atoms with Crippen molar-refractivity contribution in [1.29, 1.82) is 0 Å². The first kappa shape index (κ1) is 10.9. The number of benzene rings is 1. The van der Waals surface area contributed by atoms with Crippen molar-refractivity contribution < 1.29 is 4.39 Å². The van der Waals surface area contributed by atoms with Gasteiger partial charge < -0.3 is 5.32 Å². The number of halogens is 3. The second kappa shape index (κ2) is 4.47. The fourth-order valence-electron chi connectivity index (χ4n) is 1.02. The summed E-state index contributed by atoms with van der Waals surface area (Å²) < 4.78 is 13.7. The highest BCUT2D eigenvalue weighted by atomic mass is 79.9. The van der Waals surface area contributed by atoms with Gasteiger partial charge in [-0.25, -0.2) is 9.37 Å². The van der Waals surface area contributed by atoms with Gasteiger partial charge in [0.2, 0.25) is 0 Å². The molecule has 15 heavy (non-hydrogen) atoms. The minimum Gasteiger partial charge on any atom is -0.330 e. The number of aromatic nitrogens is 1. The van der Waals surface area contributed by atoms with Crippen molar-refractivity contribution in [2.45, 2.75) is 0 Å². The van der Waals surface area contributed by atoms with Crippen LogP contribution in [-0.2, 0) is 0 Å². The van der Waals surface area contributed by atoms with Crippen molar-refractivity contribution in [1.82, 2.24) is 4.98 Å². The van der Waals surface area contributed by atoms with Crippen molar-refractivity contribution in [3.05, 3.63) is 39.0 Å². The monoisotopic (exact) mass is 306 g/mol. The highest BCUT2D eigenvalue weighted by Crippen LogP contribution is 2.28. The highest BCUT2D eigenvalue weighted by molar-refractivity contribution is 9.10. The molecule has 0 saturated heterocycles. The summed E-state index contributed by atoms with van der Waals surface area (Å²) in [6.07, 6.45) is 0. The molecule has 1 heterocycles. The number of thiazole rings is 1. The van der Waals surface area contributed by atoms with Gasteiger partial charge in [-0.3, -0.25) is 0 Å². The molecule has 0 unspecified atom stereocenters. The Balaban J connectivity index is 2.27. The number of rotatable bonds is 2. The summed E-state index contributed by atoms with van der Waals surface area (Å²) in [5.41, 5.74) is 0.626. The van der Waals surface area contributed by atoms with Crippen LogP contribution in [0.1, 0.15) is 0 Å². The maximum atomic E-state index is 13.0. The van der Waals surface area contributed by atoms with E-state index in [0.717, 1.165) is 4.47 Å². The standard InChI is InChI=1S/C9H5BrClFN2S/c10-6-2-1-5(12)3-7(6)13-9-14-8(11)4-15-9/h1-4H,(H,13,14). The predicted molar refractivity (Wildman–Crippen MR) is 64.5 cm³/mol. The summed E-state index contributed by atoms with van der Waals surface area (Å²) in [5.74, 6) is -0.302. The van der Waals surface area contributed by atoms with E-state index in [1.807, 2.05) is 0 Å². The van der Waals surface area contributed by atoms with E-state index in [1.54, 1.807) is 11.4 Å². The molecule has 1 aromatic heterocycles. The Bertz CT molecular complexity index is 489. The van der Waals surface area contributed by atoms with E-state index in [2.05, 4.69) is 26.2 Å². The minimum absolute atomic E-state index is 0.302. The first-order valence-electron chi connectivity index (χ1n) is 3.98. The van der Waals surface area contributed by atoms with Crippen LogP contribution in [0.5, 0.6) is 0 Å². The number of hydrogen-bond acceptors (Lipinski definition) is 3. The van der Waals surface area contributed by atoms with Gasteiger partial charge in [0.25, 0.3) is 0 Å². The van der Waals surface area contributed by atoms with Crippen LogP contribution < -0.4 is 5.32 Å². The quantitative estimate of drug-likeness (QED) is 0.887. The summed E-state index contributed by atoms with van der Waals surface area (Å²) in [5, 5.41) is 5.73. The topological polar surface area (TPSA) is 24.9 Å². The summed E-state index contributed by atoms with van der Waals surface area (Å²) >= 11 is 10.3. The molecule has 0 aliphatic carbocycles. The van der Waals surface area contributed by atoms with Gasteiger partial charge in [0.05, 0.1) is 5.69 Å². The molecule has 2 aromatic rings. The molecule has 0 aliphatic rings. The Morgan fingerprint density at radius 3 is 2.93 bits per heavy atom. The number of nitrogens with zero attached hydrogens (tertiary/aromatic N) is 1. The largest absolute Gasteiger partial charge is 0.330 e. The molecular weight excluding hydrogens is 303 g/mol. The van der Waals surface area contributed by atoms with Gasteiger partial charge >= 0.3 is 0 Å². The lowest BCUT2D eigenvalue weighted by atomic mass is 10.3. The first-order chi connectivity index (χ1) is 7.15. The van der Waals surface area contributed by atoms with Crippen molar-refractivity contribution in [2.24, 2.45) is 0 Å². The molecular formula is C9H5BrClFN2S. The van der Waals surface area contributed by atoms with E-state index in [-0.39, 0.29) is 5.82 Å². The van der Waals surface area contributed by atoms with Gasteiger partial charge in [-0.2, -0.15) is 0 Å². The third kappa shape index (κ3) is 2.68. The number of anilines is 2. The van der Waals surface area contributed by atoms with E-state index in [1.165, 1.54) is 23.5 Å². The molecule has 0 spiro atoms. The highest BCUT2D eigenvalue weighted by Gasteiger charge is 2.04. The molecule has 0 atom stereocenters. The second-order valence-electron chi connectivity index (χ2n) is 2.72.